The van der Waals surface area contributed by atoms with E-state index in [2.05, 4.69) is 0 Å². The summed E-state index contributed by atoms with van der Waals surface area (Å²) in [4.78, 5) is 0. The molecule has 0 aliphatic heterocycles. The Kier molecular flexibility index (Phi) is 5.66. The van der Waals surface area contributed by atoms with Gasteiger partial charge in [-0.05, 0) is 6.42 Å². The molecule has 0 bridgehead atoms. The van der Waals surface area contributed by atoms with E-state index in [4.69, 9.17) is 0 Å². The fraction of sp³-hybridized carbons (Fsp3) is 0.833. The molecule has 1 atom stereocenters. The van der Waals surface area contributed by atoms with E-state index in [0.29, 0.717) is 0 Å². The van der Waals surface area contributed by atoms with E-state index in [0.717, 1.165) is 17.9 Å². The average molecular weight is 133 g/mol. The number of hydrogen-bond donors (Lipinski definition) is 0. The highest BCUT2D eigenvalue weighted by molar-refractivity contribution is 7.91. The molecule has 0 N–H and O–H groups in total. The van der Waals surface area contributed by atoms with Crippen LogP contribution in [0.1, 0.15) is 20.3 Å². The van der Waals surface area contributed by atoms with Gasteiger partial charge in [0.1, 0.15) is 11.5 Å². The maximum atomic E-state index is 10.7. The molecule has 0 saturated carbocycles. The van der Waals surface area contributed by atoms with Gasteiger partial charge < -0.3 is 4.55 Å². The van der Waals surface area contributed by atoms with Gasteiger partial charge in [-0.15, -0.1) is 0 Å². The van der Waals surface area contributed by atoms with Crippen molar-refractivity contribution in [1.82, 2.24) is 0 Å². The summed E-state index contributed by atoms with van der Waals surface area (Å²) in [6.07, 6.45) is 2.98. The van der Waals surface area contributed by atoms with Crippen molar-refractivity contribution in [2.24, 2.45) is 0 Å². The van der Waals surface area contributed by atoms with Crippen LogP contribution < -0.4 is 0 Å². The number of rotatable bonds is 4. The van der Waals surface area contributed by atoms with Crippen LogP contribution in [0.5, 0.6) is 0 Å². The van der Waals surface area contributed by atoms with Crippen LogP contribution in [0, 0.1) is 6.42 Å². The van der Waals surface area contributed by atoms with Gasteiger partial charge in [0.15, 0.2) is 0 Å². The summed E-state index contributed by atoms with van der Waals surface area (Å²) >= 11 is -0.576. The first-order valence-corrected chi connectivity index (χ1v) is 4.42. The van der Waals surface area contributed by atoms with E-state index in [1.165, 1.54) is 0 Å². The Labute approximate surface area is 54.7 Å². The van der Waals surface area contributed by atoms with Crippen LogP contribution in [-0.2, 0) is 11.2 Å². The van der Waals surface area contributed by atoms with Crippen molar-refractivity contribution in [3.63, 3.8) is 0 Å². The Morgan fingerprint density at radius 2 is 2.25 bits per heavy atom. The van der Waals surface area contributed by atoms with E-state index >= 15 is 0 Å². The zero-order chi connectivity index (χ0) is 6.41. The normalized spacial score (nSPS) is 10.5. The third-order valence-electron chi connectivity index (χ3n) is 0.784. The minimum atomic E-state index is -0.576. The van der Waals surface area contributed by atoms with Gasteiger partial charge >= 0.3 is 0 Å². The van der Waals surface area contributed by atoms with Gasteiger partial charge in [-0.1, -0.05) is 25.0 Å². The maximum absolute atomic E-state index is 10.7. The van der Waals surface area contributed by atoms with Gasteiger partial charge in [-0.2, -0.15) is 0 Å². The highest BCUT2D eigenvalue weighted by atomic mass is 32.2. The van der Waals surface area contributed by atoms with Crippen molar-refractivity contribution in [3.8, 4) is 0 Å². The summed E-state index contributed by atoms with van der Waals surface area (Å²) < 4.78 is 10.7. The molecule has 0 amide bonds. The fourth-order valence-electron chi connectivity index (χ4n) is 0.497. The van der Waals surface area contributed by atoms with Crippen molar-refractivity contribution in [3.05, 3.63) is 6.42 Å². The second-order valence-corrected chi connectivity index (χ2v) is 3.34. The molecule has 0 aromatic heterocycles. The maximum Gasteiger partial charge on any atom is 0.108 e. The highest BCUT2D eigenvalue weighted by Gasteiger charge is 1.99. The van der Waals surface area contributed by atoms with Gasteiger partial charge in [0.05, 0.1) is 0 Å². The monoisotopic (exact) mass is 133 g/mol. The van der Waals surface area contributed by atoms with Crippen LogP contribution in [-0.4, -0.2) is 16.1 Å². The molecule has 1 nitrogen and oxygen atoms in total. The molecule has 0 heterocycles. The fourth-order valence-corrected chi connectivity index (χ4v) is 1.49. The average Bonchev–Trinajstić information content (AvgIpc) is 1.68. The van der Waals surface area contributed by atoms with Crippen LogP contribution in [0.15, 0.2) is 0 Å². The van der Waals surface area contributed by atoms with Crippen LogP contribution in [0.4, 0.5) is 0 Å². The summed E-state index contributed by atoms with van der Waals surface area (Å²) in [5.74, 6) is 1.61. The summed E-state index contributed by atoms with van der Waals surface area (Å²) in [6, 6.07) is 0. The molecule has 0 spiro atoms. The summed E-state index contributed by atoms with van der Waals surface area (Å²) in [5, 5.41) is 0. The lowest BCUT2D eigenvalue weighted by atomic mass is 10.6. The second-order valence-electron chi connectivity index (χ2n) is 1.72. The molecule has 1 radical (unpaired) electrons. The van der Waals surface area contributed by atoms with Crippen LogP contribution in [0.25, 0.3) is 0 Å². The SMILES string of the molecule is C[CH]C[S+]([O-])CCC. The van der Waals surface area contributed by atoms with Crippen molar-refractivity contribution in [2.45, 2.75) is 20.3 Å². The quantitative estimate of drug-likeness (QED) is 0.531. The minimum Gasteiger partial charge on any atom is -0.616 e. The van der Waals surface area contributed by atoms with E-state index < -0.39 is 11.2 Å². The molecular weight excluding hydrogens is 120 g/mol. The summed E-state index contributed by atoms with van der Waals surface area (Å²) in [5.41, 5.74) is 0. The lowest BCUT2D eigenvalue weighted by molar-refractivity contribution is 0.595. The lowest BCUT2D eigenvalue weighted by Crippen LogP contribution is -2.09. The molecule has 0 saturated heterocycles. The second kappa shape index (κ2) is 5.45. The molecule has 8 heavy (non-hydrogen) atoms. The predicted molar refractivity (Wildman–Crippen MR) is 38.1 cm³/mol. The van der Waals surface area contributed by atoms with E-state index in [1.807, 2.05) is 20.3 Å². The highest BCUT2D eigenvalue weighted by Crippen LogP contribution is 1.94. The molecule has 0 aliphatic carbocycles. The Morgan fingerprint density at radius 3 is 2.62 bits per heavy atom. The molecule has 0 aliphatic rings. The molecule has 2 heteroatoms. The third-order valence-corrected chi connectivity index (χ3v) is 2.35. The zero-order valence-corrected chi connectivity index (χ0v) is 6.33. The molecule has 49 valence electrons. The summed E-state index contributed by atoms with van der Waals surface area (Å²) in [6.45, 7) is 3.99. The first-order chi connectivity index (χ1) is 3.81. The van der Waals surface area contributed by atoms with Gasteiger partial charge in [0.25, 0.3) is 0 Å². The largest absolute Gasteiger partial charge is 0.616 e. The van der Waals surface area contributed by atoms with Gasteiger partial charge in [0, 0.05) is 6.42 Å². The van der Waals surface area contributed by atoms with Gasteiger partial charge in [0.2, 0.25) is 0 Å². The zero-order valence-electron chi connectivity index (χ0n) is 5.52. The Bertz CT molecular complexity index is 41.8. The van der Waals surface area contributed by atoms with Gasteiger partial charge in [-0.25, -0.2) is 0 Å². The van der Waals surface area contributed by atoms with Crippen LogP contribution in [0.2, 0.25) is 0 Å². The smallest absolute Gasteiger partial charge is 0.108 e. The van der Waals surface area contributed by atoms with Crippen LogP contribution in [0.3, 0.4) is 0 Å². The Hall–Kier alpha value is 0.310. The molecule has 0 aromatic rings. The van der Waals surface area contributed by atoms with Crippen molar-refractivity contribution >= 4 is 11.2 Å². The molecule has 0 rings (SSSR count). The lowest BCUT2D eigenvalue weighted by Gasteiger charge is -2.06. The van der Waals surface area contributed by atoms with E-state index in [1.54, 1.807) is 0 Å². The third kappa shape index (κ3) is 4.47. The Balaban J connectivity index is 2.92. The summed E-state index contributed by atoms with van der Waals surface area (Å²) in [7, 11) is 0. The first kappa shape index (κ1) is 8.31. The van der Waals surface area contributed by atoms with E-state index in [9.17, 15) is 4.55 Å². The van der Waals surface area contributed by atoms with Crippen LogP contribution >= 0.6 is 0 Å². The van der Waals surface area contributed by atoms with Crippen molar-refractivity contribution < 1.29 is 4.55 Å². The first-order valence-electron chi connectivity index (χ1n) is 2.94. The van der Waals surface area contributed by atoms with E-state index in [-0.39, 0.29) is 0 Å². The minimum absolute atomic E-state index is 0.576. The predicted octanol–water partition coefficient (Wildman–Crippen LogP) is 1.37. The molecular formula is C6H13OS. The molecule has 0 fully saturated rings. The Morgan fingerprint density at radius 1 is 1.62 bits per heavy atom. The molecule has 1 unspecified atom stereocenters. The van der Waals surface area contributed by atoms with Crippen molar-refractivity contribution in [1.29, 1.82) is 0 Å². The standard InChI is InChI=1S/C6H13OS/c1-3-5-8(7)6-4-2/h3H,4-6H2,1-2H3. The molecule has 0 aromatic carbocycles. The van der Waals surface area contributed by atoms with Gasteiger partial charge in [-0.3, -0.25) is 0 Å². The topological polar surface area (TPSA) is 23.1 Å². The number of hydrogen-bond acceptors (Lipinski definition) is 1. The van der Waals surface area contributed by atoms with Crippen molar-refractivity contribution in [2.75, 3.05) is 11.5 Å².